The highest BCUT2D eigenvalue weighted by atomic mass is 35.5. The standard InChI is InChI=1S/C16H18ClN3O3/c17-13-10-12(11-14-15(13)23-9-3-8-22-14)16(21)18-4-1-6-20-7-2-5-19-20/h2,5,7,10-11H,1,3-4,6,8-9H2,(H,18,21). The zero-order valence-electron chi connectivity index (χ0n) is 12.6. The van der Waals surface area contributed by atoms with E-state index in [0.29, 0.717) is 41.8 Å². The Morgan fingerprint density at radius 3 is 3.04 bits per heavy atom. The Kier molecular flexibility index (Phi) is 5.02. The van der Waals surface area contributed by atoms with Crippen LogP contribution in [-0.4, -0.2) is 35.4 Å². The van der Waals surface area contributed by atoms with Crippen LogP contribution in [0.2, 0.25) is 5.02 Å². The van der Waals surface area contributed by atoms with E-state index < -0.39 is 0 Å². The van der Waals surface area contributed by atoms with Gasteiger partial charge in [-0.05, 0) is 24.6 Å². The van der Waals surface area contributed by atoms with Crippen molar-refractivity contribution in [3.63, 3.8) is 0 Å². The van der Waals surface area contributed by atoms with Gasteiger partial charge in [-0.3, -0.25) is 9.48 Å². The zero-order chi connectivity index (χ0) is 16.1. The molecule has 0 radical (unpaired) electrons. The summed E-state index contributed by atoms with van der Waals surface area (Å²) < 4.78 is 13.0. The van der Waals surface area contributed by atoms with Crippen molar-refractivity contribution in [2.24, 2.45) is 0 Å². The van der Waals surface area contributed by atoms with Crippen LogP contribution in [0.25, 0.3) is 0 Å². The number of nitrogens with one attached hydrogen (secondary N) is 1. The van der Waals surface area contributed by atoms with Gasteiger partial charge in [0.15, 0.2) is 11.5 Å². The number of nitrogens with zero attached hydrogens (tertiary/aromatic N) is 2. The van der Waals surface area contributed by atoms with Crippen LogP contribution >= 0.6 is 11.6 Å². The summed E-state index contributed by atoms with van der Waals surface area (Å²) in [6.07, 6.45) is 5.22. The SMILES string of the molecule is O=C(NCCCn1cccn1)c1cc(Cl)c2c(c1)OCCCO2. The molecule has 1 aromatic heterocycles. The first-order valence-corrected chi connectivity index (χ1v) is 7.96. The van der Waals surface area contributed by atoms with E-state index in [9.17, 15) is 4.79 Å². The van der Waals surface area contributed by atoms with Gasteiger partial charge in [-0.2, -0.15) is 5.10 Å². The van der Waals surface area contributed by atoms with Crippen molar-refractivity contribution >= 4 is 17.5 Å². The molecule has 23 heavy (non-hydrogen) atoms. The number of hydrogen-bond acceptors (Lipinski definition) is 4. The van der Waals surface area contributed by atoms with Gasteiger partial charge in [-0.1, -0.05) is 11.6 Å². The topological polar surface area (TPSA) is 65.4 Å². The van der Waals surface area contributed by atoms with E-state index in [1.54, 1.807) is 18.3 Å². The lowest BCUT2D eigenvalue weighted by atomic mass is 10.2. The highest BCUT2D eigenvalue weighted by Crippen LogP contribution is 2.37. The molecule has 1 N–H and O–H groups in total. The molecule has 0 spiro atoms. The molecule has 0 bridgehead atoms. The first-order valence-electron chi connectivity index (χ1n) is 7.59. The lowest BCUT2D eigenvalue weighted by Crippen LogP contribution is -2.25. The van der Waals surface area contributed by atoms with Crippen LogP contribution in [0.1, 0.15) is 23.2 Å². The second-order valence-electron chi connectivity index (χ2n) is 5.21. The summed E-state index contributed by atoms with van der Waals surface area (Å²) in [7, 11) is 0. The molecule has 0 saturated carbocycles. The second kappa shape index (κ2) is 7.37. The van der Waals surface area contributed by atoms with Crippen molar-refractivity contribution in [1.82, 2.24) is 15.1 Å². The fraction of sp³-hybridized carbons (Fsp3) is 0.375. The van der Waals surface area contributed by atoms with E-state index in [-0.39, 0.29) is 5.91 Å². The van der Waals surface area contributed by atoms with Gasteiger partial charge in [0.05, 0.1) is 18.2 Å². The first-order chi connectivity index (χ1) is 11.2. The lowest BCUT2D eigenvalue weighted by molar-refractivity contribution is 0.0952. The minimum Gasteiger partial charge on any atom is -0.489 e. The molecule has 1 aromatic carbocycles. The molecule has 0 aliphatic carbocycles. The van der Waals surface area contributed by atoms with Gasteiger partial charge in [-0.15, -0.1) is 0 Å². The van der Waals surface area contributed by atoms with Crippen LogP contribution in [-0.2, 0) is 6.54 Å². The van der Waals surface area contributed by atoms with E-state index in [1.165, 1.54) is 0 Å². The van der Waals surface area contributed by atoms with Crippen molar-refractivity contribution in [2.45, 2.75) is 19.4 Å². The van der Waals surface area contributed by atoms with Crippen LogP contribution in [0.3, 0.4) is 0 Å². The van der Waals surface area contributed by atoms with Gasteiger partial charge in [0.2, 0.25) is 0 Å². The largest absolute Gasteiger partial charge is 0.489 e. The normalized spacial score (nSPS) is 13.4. The van der Waals surface area contributed by atoms with Crippen molar-refractivity contribution in [2.75, 3.05) is 19.8 Å². The van der Waals surface area contributed by atoms with E-state index in [2.05, 4.69) is 10.4 Å². The monoisotopic (exact) mass is 335 g/mol. The Morgan fingerprint density at radius 2 is 2.22 bits per heavy atom. The molecule has 3 rings (SSSR count). The van der Waals surface area contributed by atoms with E-state index in [4.69, 9.17) is 21.1 Å². The molecule has 2 heterocycles. The number of halogens is 1. The Morgan fingerprint density at radius 1 is 1.35 bits per heavy atom. The number of amides is 1. The van der Waals surface area contributed by atoms with Crippen LogP contribution < -0.4 is 14.8 Å². The molecule has 1 aliphatic rings. The maximum absolute atomic E-state index is 12.2. The van der Waals surface area contributed by atoms with Gasteiger partial charge >= 0.3 is 0 Å². The number of fused-ring (bicyclic) bond motifs is 1. The van der Waals surface area contributed by atoms with Gasteiger partial charge in [0.25, 0.3) is 5.91 Å². The highest BCUT2D eigenvalue weighted by Gasteiger charge is 2.18. The van der Waals surface area contributed by atoms with Crippen molar-refractivity contribution < 1.29 is 14.3 Å². The van der Waals surface area contributed by atoms with E-state index >= 15 is 0 Å². The molecule has 1 aliphatic heterocycles. The smallest absolute Gasteiger partial charge is 0.251 e. The van der Waals surface area contributed by atoms with Crippen LogP contribution in [0.4, 0.5) is 0 Å². The number of rotatable bonds is 5. The van der Waals surface area contributed by atoms with Crippen molar-refractivity contribution in [1.29, 1.82) is 0 Å². The Bertz CT molecular complexity index is 673. The van der Waals surface area contributed by atoms with Gasteiger partial charge in [0, 0.05) is 37.5 Å². The third-order valence-electron chi connectivity index (χ3n) is 3.47. The average molecular weight is 336 g/mol. The first kappa shape index (κ1) is 15.7. The summed E-state index contributed by atoms with van der Waals surface area (Å²) >= 11 is 6.20. The van der Waals surface area contributed by atoms with Gasteiger partial charge < -0.3 is 14.8 Å². The third kappa shape index (κ3) is 3.96. The minimum absolute atomic E-state index is 0.178. The summed E-state index contributed by atoms with van der Waals surface area (Å²) in [6, 6.07) is 5.16. The summed E-state index contributed by atoms with van der Waals surface area (Å²) in [5.74, 6) is 0.860. The summed E-state index contributed by atoms with van der Waals surface area (Å²) in [6.45, 7) is 2.43. The fourth-order valence-corrected chi connectivity index (χ4v) is 2.60. The maximum atomic E-state index is 12.2. The Balaban J connectivity index is 1.58. The predicted octanol–water partition coefficient (Wildman–Crippen LogP) is 2.52. The molecule has 6 nitrogen and oxygen atoms in total. The van der Waals surface area contributed by atoms with Gasteiger partial charge in [0.1, 0.15) is 0 Å². The number of ether oxygens (including phenoxy) is 2. The van der Waals surface area contributed by atoms with Crippen LogP contribution in [0.15, 0.2) is 30.6 Å². The molecular formula is C16H18ClN3O3. The number of aromatic nitrogens is 2. The quantitative estimate of drug-likeness (QED) is 0.853. The number of hydrogen-bond donors (Lipinski definition) is 1. The summed E-state index contributed by atoms with van der Waals surface area (Å²) in [5.41, 5.74) is 0.471. The molecular weight excluding hydrogens is 318 g/mol. The van der Waals surface area contributed by atoms with Crippen molar-refractivity contribution in [3.8, 4) is 11.5 Å². The summed E-state index contributed by atoms with van der Waals surface area (Å²) in [4.78, 5) is 12.2. The third-order valence-corrected chi connectivity index (χ3v) is 3.75. The second-order valence-corrected chi connectivity index (χ2v) is 5.62. The molecule has 2 aromatic rings. The molecule has 0 fully saturated rings. The van der Waals surface area contributed by atoms with E-state index in [0.717, 1.165) is 19.4 Å². The van der Waals surface area contributed by atoms with E-state index in [1.807, 2.05) is 16.9 Å². The fourth-order valence-electron chi connectivity index (χ4n) is 2.34. The van der Waals surface area contributed by atoms with Gasteiger partial charge in [-0.25, -0.2) is 0 Å². The predicted molar refractivity (Wildman–Crippen MR) is 86.2 cm³/mol. The molecule has 0 saturated heterocycles. The molecule has 0 unspecified atom stereocenters. The number of carbonyl (C=O) groups excluding carboxylic acids is 1. The van der Waals surface area contributed by atoms with Crippen LogP contribution in [0.5, 0.6) is 11.5 Å². The number of benzene rings is 1. The summed E-state index contributed by atoms with van der Waals surface area (Å²) in [5, 5.41) is 7.39. The highest BCUT2D eigenvalue weighted by molar-refractivity contribution is 6.32. The van der Waals surface area contributed by atoms with Crippen molar-refractivity contribution in [3.05, 3.63) is 41.2 Å². The maximum Gasteiger partial charge on any atom is 0.251 e. The molecule has 7 heteroatoms. The number of aryl methyl sites for hydroxylation is 1. The number of carbonyl (C=O) groups is 1. The minimum atomic E-state index is -0.178. The lowest BCUT2D eigenvalue weighted by Gasteiger charge is -2.11. The average Bonchev–Trinajstić information content (AvgIpc) is 2.94. The Hall–Kier alpha value is -2.21. The van der Waals surface area contributed by atoms with Crippen LogP contribution in [0, 0.1) is 0 Å². The zero-order valence-corrected chi connectivity index (χ0v) is 13.4. The molecule has 1 amide bonds. The molecule has 0 atom stereocenters. The Labute approximate surface area is 139 Å². The molecule has 122 valence electrons.